The first-order valence-electron chi connectivity index (χ1n) is 5.10. The van der Waals surface area contributed by atoms with E-state index in [9.17, 15) is 0 Å². The topological polar surface area (TPSA) is 25.1 Å². The Morgan fingerprint density at radius 2 is 2.13 bits per heavy atom. The highest BCUT2D eigenvalue weighted by Gasteiger charge is 2.28. The van der Waals surface area contributed by atoms with E-state index >= 15 is 0 Å². The Bertz CT molecular complexity index is 536. The summed E-state index contributed by atoms with van der Waals surface area (Å²) in [5, 5.41) is 4.50. The van der Waals surface area contributed by atoms with Gasteiger partial charge in [-0.1, -0.05) is 18.2 Å². The van der Waals surface area contributed by atoms with Gasteiger partial charge < -0.3 is 4.74 Å². The van der Waals surface area contributed by atoms with Gasteiger partial charge in [-0.25, -0.2) is 9.88 Å². The Kier molecular flexibility index (Phi) is 1.63. The SMILES string of the molecule is CC1Nc2c(cc3ccccc3[n+]2C)O1. The van der Waals surface area contributed by atoms with E-state index in [-0.39, 0.29) is 6.23 Å². The van der Waals surface area contributed by atoms with Gasteiger partial charge in [0.15, 0.2) is 0 Å². The van der Waals surface area contributed by atoms with E-state index in [1.54, 1.807) is 0 Å². The molecular formula is C12H13N2O+. The maximum Gasteiger partial charge on any atom is 0.320 e. The molecule has 0 spiro atoms. The van der Waals surface area contributed by atoms with Crippen molar-refractivity contribution in [3.05, 3.63) is 30.3 Å². The molecule has 1 aromatic carbocycles. The Morgan fingerprint density at radius 3 is 3.00 bits per heavy atom. The number of aromatic nitrogens is 1. The zero-order chi connectivity index (χ0) is 10.4. The van der Waals surface area contributed by atoms with Crippen molar-refractivity contribution in [1.29, 1.82) is 0 Å². The maximum absolute atomic E-state index is 5.66. The van der Waals surface area contributed by atoms with Crippen molar-refractivity contribution in [3.63, 3.8) is 0 Å². The molecule has 1 N–H and O–H groups in total. The van der Waals surface area contributed by atoms with E-state index in [4.69, 9.17) is 4.74 Å². The molecule has 0 bridgehead atoms. The minimum atomic E-state index is 0.0583. The third kappa shape index (κ3) is 1.16. The van der Waals surface area contributed by atoms with Crippen LogP contribution in [0.15, 0.2) is 30.3 Å². The molecule has 1 aliphatic heterocycles. The first-order valence-corrected chi connectivity index (χ1v) is 5.10. The number of fused-ring (bicyclic) bond motifs is 2. The molecule has 0 amide bonds. The summed E-state index contributed by atoms with van der Waals surface area (Å²) in [5.74, 6) is 1.99. The Morgan fingerprint density at radius 1 is 1.33 bits per heavy atom. The number of nitrogens with zero attached hydrogens (tertiary/aromatic N) is 1. The van der Waals surface area contributed by atoms with Gasteiger partial charge in [-0.15, -0.1) is 0 Å². The average Bonchev–Trinajstić information content (AvgIpc) is 2.59. The molecule has 76 valence electrons. The minimum Gasteiger partial charge on any atom is -0.444 e. The van der Waals surface area contributed by atoms with Crippen molar-refractivity contribution >= 4 is 16.7 Å². The lowest BCUT2D eigenvalue weighted by atomic mass is 10.2. The molecule has 1 aromatic heterocycles. The molecule has 3 rings (SSSR count). The van der Waals surface area contributed by atoms with Crippen LogP contribution in [0.3, 0.4) is 0 Å². The van der Waals surface area contributed by atoms with E-state index < -0.39 is 0 Å². The van der Waals surface area contributed by atoms with Crippen LogP contribution in [0, 0.1) is 0 Å². The van der Waals surface area contributed by atoms with Crippen LogP contribution in [0.1, 0.15) is 6.92 Å². The summed E-state index contributed by atoms with van der Waals surface area (Å²) in [6.45, 7) is 2.00. The van der Waals surface area contributed by atoms with Crippen LogP contribution in [0.25, 0.3) is 10.9 Å². The molecule has 1 unspecified atom stereocenters. The minimum absolute atomic E-state index is 0.0583. The molecule has 0 saturated heterocycles. The van der Waals surface area contributed by atoms with E-state index in [1.807, 2.05) is 19.1 Å². The highest BCUT2D eigenvalue weighted by molar-refractivity contribution is 5.79. The molecule has 0 fully saturated rings. The summed E-state index contributed by atoms with van der Waals surface area (Å²) in [5.41, 5.74) is 1.21. The van der Waals surface area contributed by atoms with Crippen molar-refractivity contribution < 1.29 is 9.30 Å². The van der Waals surface area contributed by atoms with Crippen LogP contribution in [0.5, 0.6) is 5.75 Å². The lowest BCUT2D eigenvalue weighted by Crippen LogP contribution is -2.32. The maximum atomic E-state index is 5.66. The summed E-state index contributed by atoms with van der Waals surface area (Å²) < 4.78 is 7.80. The fourth-order valence-electron chi connectivity index (χ4n) is 2.08. The Balaban J connectivity index is 2.35. The largest absolute Gasteiger partial charge is 0.444 e. The predicted octanol–water partition coefficient (Wildman–Crippen LogP) is 1.81. The van der Waals surface area contributed by atoms with Crippen molar-refractivity contribution in [3.8, 4) is 5.75 Å². The van der Waals surface area contributed by atoms with Gasteiger partial charge in [0, 0.05) is 18.4 Å². The zero-order valence-corrected chi connectivity index (χ0v) is 8.82. The highest BCUT2D eigenvalue weighted by atomic mass is 16.5. The van der Waals surface area contributed by atoms with Crippen molar-refractivity contribution in [2.24, 2.45) is 7.05 Å². The molecule has 0 saturated carbocycles. The normalized spacial score (nSPS) is 18.4. The number of benzene rings is 1. The molecule has 3 heteroatoms. The van der Waals surface area contributed by atoms with E-state index in [0.29, 0.717) is 0 Å². The number of aryl methyl sites for hydroxylation is 1. The van der Waals surface area contributed by atoms with Gasteiger partial charge in [-0.2, -0.15) is 0 Å². The second-order valence-electron chi connectivity index (χ2n) is 3.88. The molecule has 1 atom stereocenters. The monoisotopic (exact) mass is 201 g/mol. The molecule has 2 heterocycles. The summed E-state index contributed by atoms with van der Waals surface area (Å²) in [6.07, 6.45) is 0.0583. The summed E-state index contributed by atoms with van der Waals surface area (Å²) >= 11 is 0. The predicted molar refractivity (Wildman–Crippen MR) is 58.8 cm³/mol. The molecular weight excluding hydrogens is 188 g/mol. The first kappa shape index (κ1) is 8.53. The van der Waals surface area contributed by atoms with Crippen molar-refractivity contribution in [2.45, 2.75) is 13.2 Å². The number of hydrogen-bond acceptors (Lipinski definition) is 2. The number of anilines is 1. The van der Waals surface area contributed by atoms with Gasteiger partial charge in [0.25, 0.3) is 0 Å². The van der Waals surface area contributed by atoms with Crippen LogP contribution in [0.2, 0.25) is 0 Å². The van der Waals surface area contributed by atoms with Gasteiger partial charge in [-0.3, -0.25) is 0 Å². The summed E-state index contributed by atoms with van der Waals surface area (Å²) in [6, 6.07) is 10.4. The standard InChI is InChI=1S/C12H12N2O/c1-8-13-12-11(15-8)7-9-5-3-4-6-10(9)14(12)2/h3-8H,1-2H3/p+1. The lowest BCUT2D eigenvalue weighted by molar-refractivity contribution is -0.629. The second-order valence-corrected chi connectivity index (χ2v) is 3.88. The number of para-hydroxylation sites is 1. The molecule has 15 heavy (non-hydrogen) atoms. The second kappa shape index (κ2) is 2.86. The molecule has 1 aliphatic rings. The molecule has 0 aliphatic carbocycles. The first-order chi connectivity index (χ1) is 7.25. The van der Waals surface area contributed by atoms with E-state index in [0.717, 1.165) is 11.6 Å². The van der Waals surface area contributed by atoms with Gasteiger partial charge in [-0.05, 0) is 6.07 Å². The number of pyridine rings is 1. The summed E-state index contributed by atoms with van der Waals surface area (Å²) in [4.78, 5) is 0. The van der Waals surface area contributed by atoms with Gasteiger partial charge in [0.1, 0.15) is 5.52 Å². The van der Waals surface area contributed by atoms with E-state index in [1.165, 1.54) is 10.9 Å². The van der Waals surface area contributed by atoms with Crippen molar-refractivity contribution in [2.75, 3.05) is 5.32 Å². The summed E-state index contributed by atoms with van der Waals surface area (Å²) in [7, 11) is 2.05. The van der Waals surface area contributed by atoms with Crippen LogP contribution >= 0.6 is 0 Å². The van der Waals surface area contributed by atoms with Gasteiger partial charge in [0.2, 0.25) is 12.0 Å². The third-order valence-corrected chi connectivity index (χ3v) is 2.80. The Hall–Kier alpha value is -1.77. The van der Waals surface area contributed by atoms with Gasteiger partial charge in [0.05, 0.1) is 7.05 Å². The molecule has 3 nitrogen and oxygen atoms in total. The number of ether oxygens (including phenoxy) is 1. The quantitative estimate of drug-likeness (QED) is 0.658. The molecule has 0 radical (unpaired) electrons. The zero-order valence-electron chi connectivity index (χ0n) is 8.82. The van der Waals surface area contributed by atoms with E-state index in [2.05, 4.69) is 35.1 Å². The highest BCUT2D eigenvalue weighted by Crippen LogP contribution is 2.30. The Labute approximate surface area is 88.3 Å². The number of rotatable bonds is 0. The van der Waals surface area contributed by atoms with Crippen LogP contribution in [-0.2, 0) is 7.05 Å². The fraction of sp³-hybridized carbons (Fsp3) is 0.250. The number of nitrogens with one attached hydrogen (secondary N) is 1. The smallest absolute Gasteiger partial charge is 0.320 e. The number of hydrogen-bond donors (Lipinski definition) is 1. The average molecular weight is 201 g/mol. The van der Waals surface area contributed by atoms with Gasteiger partial charge >= 0.3 is 5.82 Å². The lowest BCUT2D eigenvalue weighted by Gasteiger charge is -2.02. The van der Waals surface area contributed by atoms with Crippen LogP contribution in [0.4, 0.5) is 5.82 Å². The van der Waals surface area contributed by atoms with Crippen molar-refractivity contribution in [1.82, 2.24) is 0 Å². The fourth-order valence-corrected chi connectivity index (χ4v) is 2.08. The third-order valence-electron chi connectivity index (χ3n) is 2.80. The molecule has 2 aromatic rings. The van der Waals surface area contributed by atoms with Crippen LogP contribution < -0.4 is 14.6 Å². The van der Waals surface area contributed by atoms with Crippen LogP contribution in [-0.4, -0.2) is 6.23 Å².